The van der Waals surface area contributed by atoms with Crippen molar-refractivity contribution in [3.05, 3.63) is 103 Å². The molecule has 0 aliphatic rings. The molecule has 3 aromatic heterocycles. The van der Waals surface area contributed by atoms with Gasteiger partial charge in [0.1, 0.15) is 35.7 Å². The molecule has 0 fully saturated rings. The highest BCUT2D eigenvalue weighted by molar-refractivity contribution is 6.03. The minimum atomic E-state index is -1.46. The SMILES string of the molecule is CC(C)CC[C@H](NC(=O)[C@@H](O)[C@H](N)Cc1ccccc1)C(=O)NCCOCCOCCOc1ccc(C(=O)Nc2ccc3oc(-c4cccnc4)nc3c2)nc1. The first-order valence-corrected chi connectivity index (χ1v) is 18.6. The molecule has 3 atom stereocenters. The normalized spacial score (nSPS) is 12.9. The summed E-state index contributed by atoms with van der Waals surface area (Å²) in [6, 6.07) is 19.8. The molecule has 2 aromatic carbocycles. The number of oxazole rings is 1. The predicted molar refractivity (Wildman–Crippen MR) is 210 cm³/mol. The van der Waals surface area contributed by atoms with Gasteiger partial charge in [-0.3, -0.25) is 19.4 Å². The van der Waals surface area contributed by atoms with Crippen LogP contribution in [0.1, 0.15) is 42.7 Å². The van der Waals surface area contributed by atoms with Gasteiger partial charge in [-0.25, -0.2) is 9.97 Å². The van der Waals surface area contributed by atoms with Crippen LogP contribution >= 0.6 is 0 Å². The Morgan fingerprint density at radius 1 is 0.875 bits per heavy atom. The second kappa shape index (κ2) is 21.4. The molecule has 0 bridgehead atoms. The van der Waals surface area contributed by atoms with Crippen LogP contribution in [0.4, 0.5) is 5.69 Å². The van der Waals surface area contributed by atoms with Gasteiger partial charge in [0.2, 0.25) is 11.8 Å². The number of amides is 3. The van der Waals surface area contributed by atoms with Gasteiger partial charge in [-0.15, -0.1) is 0 Å². The van der Waals surface area contributed by atoms with Crippen LogP contribution in [0.5, 0.6) is 5.75 Å². The van der Waals surface area contributed by atoms with Crippen LogP contribution in [0.2, 0.25) is 0 Å². The van der Waals surface area contributed by atoms with Gasteiger partial charge in [-0.05, 0) is 73.2 Å². The van der Waals surface area contributed by atoms with Crippen LogP contribution in [-0.4, -0.2) is 95.5 Å². The van der Waals surface area contributed by atoms with E-state index in [2.05, 4.69) is 30.9 Å². The number of nitrogens with two attached hydrogens (primary N) is 1. The minimum absolute atomic E-state index is 0.215. The number of nitrogens with one attached hydrogen (secondary N) is 3. The number of aromatic nitrogens is 3. The van der Waals surface area contributed by atoms with Gasteiger partial charge < -0.3 is 45.4 Å². The van der Waals surface area contributed by atoms with Gasteiger partial charge >= 0.3 is 0 Å². The Hall–Kier alpha value is -5.74. The van der Waals surface area contributed by atoms with E-state index >= 15 is 0 Å². The lowest BCUT2D eigenvalue weighted by Crippen LogP contribution is -2.54. The molecular formula is C41H49N7O8. The van der Waals surface area contributed by atoms with Crippen LogP contribution in [0.3, 0.4) is 0 Å². The first kappa shape index (κ1) is 41.4. The average Bonchev–Trinajstić information content (AvgIpc) is 3.64. The number of carbonyl (C=O) groups excluding carboxylic acids is 3. The Kier molecular flexibility index (Phi) is 15.8. The van der Waals surface area contributed by atoms with Gasteiger partial charge in [0, 0.05) is 30.7 Å². The molecule has 296 valence electrons. The van der Waals surface area contributed by atoms with E-state index in [0.29, 0.717) is 73.4 Å². The standard InChI is InChI=1S/C41H49N7O8/c1-27(2)10-13-34(47-40(52)37(49)32(42)23-28-7-4-3-5-8-28)38(50)44-17-18-53-19-20-54-21-22-55-31-12-14-33(45-26-31)39(51)46-30-11-15-36-35(24-30)48-41(56-36)29-9-6-16-43-25-29/h3-9,11-12,14-16,24-27,32,34,37,49H,10,13,17-23,42H2,1-2H3,(H,44,50)(H,46,51)(H,47,52)/t32-,34+,37+/m1/s1. The highest BCUT2D eigenvalue weighted by Gasteiger charge is 2.28. The molecule has 5 rings (SSSR count). The molecule has 0 saturated heterocycles. The molecule has 5 aromatic rings. The molecule has 3 amide bonds. The van der Waals surface area contributed by atoms with Crippen molar-refractivity contribution in [3.8, 4) is 17.2 Å². The number of pyridine rings is 2. The number of benzene rings is 2. The summed E-state index contributed by atoms with van der Waals surface area (Å²) in [5.41, 5.74) is 9.71. The fraction of sp³-hybridized carbons (Fsp3) is 0.366. The number of fused-ring (bicyclic) bond motifs is 1. The van der Waals surface area contributed by atoms with E-state index in [-0.39, 0.29) is 37.3 Å². The third-order valence-electron chi connectivity index (χ3n) is 8.59. The number of anilines is 1. The van der Waals surface area contributed by atoms with Crippen molar-refractivity contribution in [3.63, 3.8) is 0 Å². The molecule has 15 nitrogen and oxygen atoms in total. The first-order valence-electron chi connectivity index (χ1n) is 18.6. The Bertz CT molecular complexity index is 1980. The van der Waals surface area contributed by atoms with E-state index in [1.54, 1.807) is 48.8 Å². The van der Waals surface area contributed by atoms with Crippen LogP contribution in [-0.2, 0) is 25.5 Å². The van der Waals surface area contributed by atoms with Crippen LogP contribution in [0, 0.1) is 5.92 Å². The quantitative estimate of drug-likeness (QED) is 0.0635. The zero-order valence-electron chi connectivity index (χ0n) is 31.6. The fourth-order valence-electron chi connectivity index (χ4n) is 5.54. The molecule has 15 heteroatoms. The summed E-state index contributed by atoms with van der Waals surface area (Å²) in [5.74, 6) is -0.179. The molecule has 0 saturated carbocycles. The van der Waals surface area contributed by atoms with E-state index in [1.807, 2.05) is 50.2 Å². The number of rotatable bonds is 22. The van der Waals surface area contributed by atoms with E-state index in [4.69, 9.17) is 24.4 Å². The Labute approximate surface area is 325 Å². The van der Waals surface area contributed by atoms with Gasteiger partial charge in [0.25, 0.3) is 11.8 Å². The van der Waals surface area contributed by atoms with Crippen molar-refractivity contribution in [1.29, 1.82) is 0 Å². The molecular weight excluding hydrogens is 718 g/mol. The second-order valence-electron chi connectivity index (χ2n) is 13.5. The van der Waals surface area contributed by atoms with Crippen molar-refractivity contribution in [2.24, 2.45) is 11.7 Å². The highest BCUT2D eigenvalue weighted by Crippen LogP contribution is 2.26. The number of carbonyl (C=O) groups is 3. The summed E-state index contributed by atoms with van der Waals surface area (Å²) >= 11 is 0. The van der Waals surface area contributed by atoms with Crippen molar-refractivity contribution in [2.75, 3.05) is 44.9 Å². The summed E-state index contributed by atoms with van der Waals surface area (Å²) in [5, 5.41) is 18.8. The lowest BCUT2D eigenvalue weighted by Gasteiger charge is -2.23. The molecule has 0 unspecified atom stereocenters. The van der Waals surface area contributed by atoms with E-state index in [0.717, 1.165) is 11.1 Å². The number of aliphatic hydroxyl groups is 1. The molecule has 0 aliphatic carbocycles. The molecule has 0 aliphatic heterocycles. The van der Waals surface area contributed by atoms with Crippen molar-refractivity contribution < 1.29 is 38.1 Å². The molecule has 56 heavy (non-hydrogen) atoms. The number of aliphatic hydroxyl groups excluding tert-OH is 1. The summed E-state index contributed by atoms with van der Waals surface area (Å²) in [6.07, 6.45) is 4.79. The second-order valence-corrected chi connectivity index (χ2v) is 13.5. The maximum absolute atomic E-state index is 12.9. The number of hydrogen-bond acceptors (Lipinski definition) is 12. The van der Waals surface area contributed by atoms with Gasteiger partial charge in [-0.2, -0.15) is 0 Å². The summed E-state index contributed by atoms with van der Waals surface area (Å²) in [6.45, 7) is 5.72. The summed E-state index contributed by atoms with van der Waals surface area (Å²) in [7, 11) is 0. The van der Waals surface area contributed by atoms with Gasteiger partial charge in [0.05, 0.1) is 38.2 Å². The molecule has 0 radical (unpaired) electrons. The van der Waals surface area contributed by atoms with Gasteiger partial charge in [0.15, 0.2) is 5.58 Å². The average molecular weight is 768 g/mol. The first-order chi connectivity index (χ1) is 27.2. The summed E-state index contributed by atoms with van der Waals surface area (Å²) in [4.78, 5) is 51.4. The Morgan fingerprint density at radius 2 is 1.66 bits per heavy atom. The maximum Gasteiger partial charge on any atom is 0.274 e. The van der Waals surface area contributed by atoms with Crippen molar-refractivity contribution in [1.82, 2.24) is 25.6 Å². The summed E-state index contributed by atoms with van der Waals surface area (Å²) < 4.78 is 22.6. The zero-order valence-corrected chi connectivity index (χ0v) is 31.6. The van der Waals surface area contributed by atoms with Gasteiger partial charge in [-0.1, -0.05) is 44.2 Å². The lowest BCUT2D eigenvalue weighted by molar-refractivity contribution is -0.135. The van der Waals surface area contributed by atoms with E-state index in [9.17, 15) is 19.5 Å². The topological polar surface area (TPSA) is 213 Å². The highest BCUT2D eigenvalue weighted by atomic mass is 16.5. The van der Waals surface area contributed by atoms with Crippen molar-refractivity contribution in [2.45, 2.75) is 51.3 Å². The molecule has 3 heterocycles. The van der Waals surface area contributed by atoms with Crippen molar-refractivity contribution >= 4 is 34.5 Å². The van der Waals surface area contributed by atoms with E-state index in [1.165, 1.54) is 6.20 Å². The van der Waals surface area contributed by atoms with Crippen LogP contribution in [0.15, 0.2) is 95.8 Å². The fourth-order valence-corrected chi connectivity index (χ4v) is 5.54. The third-order valence-corrected chi connectivity index (χ3v) is 8.59. The third kappa shape index (κ3) is 12.9. The maximum atomic E-state index is 12.9. The smallest absolute Gasteiger partial charge is 0.274 e. The Balaban J connectivity index is 0.936. The van der Waals surface area contributed by atoms with Crippen LogP contribution in [0.25, 0.3) is 22.6 Å². The molecule has 0 spiro atoms. The number of hydrogen-bond donors (Lipinski definition) is 5. The van der Waals surface area contributed by atoms with Crippen LogP contribution < -0.4 is 26.4 Å². The lowest BCUT2D eigenvalue weighted by atomic mass is 10.00. The minimum Gasteiger partial charge on any atom is -0.490 e. The largest absolute Gasteiger partial charge is 0.490 e. The monoisotopic (exact) mass is 767 g/mol. The predicted octanol–water partition coefficient (Wildman–Crippen LogP) is 3.92. The van der Waals surface area contributed by atoms with E-state index < -0.39 is 24.1 Å². The zero-order chi connectivity index (χ0) is 39.7. The molecule has 6 N–H and O–H groups in total. The number of nitrogens with zero attached hydrogens (tertiary/aromatic N) is 3. The number of ether oxygens (including phenoxy) is 3. The Morgan fingerprint density at radius 3 is 2.39 bits per heavy atom.